The molecule has 1 aliphatic rings. The number of ether oxygens (including phenoxy) is 1. The molecular formula is C17H17ClN2O2. The summed E-state index contributed by atoms with van der Waals surface area (Å²) in [4.78, 5) is 11.2. The smallest absolute Gasteiger partial charge is 0.305 e. The van der Waals surface area contributed by atoms with Crippen molar-refractivity contribution in [1.29, 1.82) is 0 Å². The third kappa shape index (κ3) is 3.17. The number of anilines is 2. The second-order valence-corrected chi connectivity index (χ2v) is 5.67. The van der Waals surface area contributed by atoms with E-state index >= 15 is 0 Å². The first kappa shape index (κ1) is 14.7. The van der Waals surface area contributed by atoms with Crippen LogP contribution < -0.4 is 10.6 Å². The Kier molecular flexibility index (Phi) is 4.20. The van der Waals surface area contributed by atoms with Crippen LogP contribution in [0.4, 0.5) is 11.4 Å². The van der Waals surface area contributed by atoms with E-state index in [4.69, 9.17) is 11.6 Å². The lowest BCUT2D eigenvalue weighted by Crippen LogP contribution is -2.11. The Hall–Kier alpha value is -2.20. The summed E-state index contributed by atoms with van der Waals surface area (Å²) in [5.74, 6) is -0.191. The number of hydrogen-bond donors (Lipinski definition) is 2. The Morgan fingerprint density at radius 2 is 2.00 bits per heavy atom. The van der Waals surface area contributed by atoms with E-state index in [0.717, 1.165) is 27.5 Å². The summed E-state index contributed by atoms with van der Waals surface area (Å²) in [6.45, 7) is 0. The molecule has 5 heteroatoms. The van der Waals surface area contributed by atoms with Crippen LogP contribution in [0.2, 0.25) is 5.02 Å². The number of fused-ring (bicyclic) bond motifs is 1. The number of esters is 1. The van der Waals surface area contributed by atoms with Crippen molar-refractivity contribution in [2.45, 2.75) is 19.0 Å². The van der Waals surface area contributed by atoms with E-state index in [2.05, 4.69) is 21.4 Å². The zero-order valence-corrected chi connectivity index (χ0v) is 13.0. The van der Waals surface area contributed by atoms with Gasteiger partial charge in [0.25, 0.3) is 0 Å². The Balaban J connectivity index is 1.72. The maximum absolute atomic E-state index is 11.2. The summed E-state index contributed by atoms with van der Waals surface area (Å²) in [7, 11) is 1.41. The van der Waals surface area contributed by atoms with Crippen molar-refractivity contribution >= 4 is 28.9 Å². The quantitative estimate of drug-likeness (QED) is 0.838. The highest BCUT2D eigenvalue weighted by Gasteiger charge is 2.21. The van der Waals surface area contributed by atoms with Gasteiger partial charge in [0.1, 0.15) is 6.17 Å². The molecule has 1 unspecified atom stereocenters. The topological polar surface area (TPSA) is 50.4 Å². The fraction of sp³-hybridized carbons (Fsp3) is 0.235. The molecule has 0 saturated heterocycles. The van der Waals surface area contributed by atoms with Crippen molar-refractivity contribution in [3.8, 4) is 0 Å². The molecule has 22 heavy (non-hydrogen) atoms. The van der Waals surface area contributed by atoms with Gasteiger partial charge in [-0.25, -0.2) is 0 Å². The Morgan fingerprint density at radius 3 is 2.77 bits per heavy atom. The Labute approximate surface area is 134 Å². The summed E-state index contributed by atoms with van der Waals surface area (Å²) >= 11 is 6.05. The molecule has 1 heterocycles. The minimum absolute atomic E-state index is 0.00422. The van der Waals surface area contributed by atoms with Crippen LogP contribution in [0.1, 0.15) is 23.7 Å². The lowest BCUT2D eigenvalue weighted by atomic mass is 10.1. The van der Waals surface area contributed by atoms with Crippen molar-refractivity contribution in [3.63, 3.8) is 0 Å². The fourth-order valence-electron chi connectivity index (χ4n) is 2.54. The number of benzene rings is 2. The number of nitrogens with one attached hydrogen (secondary N) is 2. The molecule has 0 fully saturated rings. The molecule has 0 spiro atoms. The van der Waals surface area contributed by atoms with Gasteiger partial charge in [-0.2, -0.15) is 0 Å². The first-order valence-electron chi connectivity index (χ1n) is 7.14. The van der Waals surface area contributed by atoms with E-state index in [1.807, 2.05) is 36.4 Å². The third-order valence-corrected chi connectivity index (χ3v) is 3.95. The normalized spacial score (nSPS) is 15.6. The number of carbonyl (C=O) groups is 1. The average molecular weight is 317 g/mol. The highest BCUT2D eigenvalue weighted by atomic mass is 35.5. The summed E-state index contributed by atoms with van der Waals surface area (Å²) in [5.41, 5.74) is 4.27. The lowest BCUT2D eigenvalue weighted by molar-refractivity contribution is -0.140. The van der Waals surface area contributed by atoms with Gasteiger partial charge < -0.3 is 15.4 Å². The van der Waals surface area contributed by atoms with Gasteiger partial charge in [-0.05, 0) is 41.8 Å². The molecule has 0 saturated carbocycles. The first-order chi connectivity index (χ1) is 10.7. The van der Waals surface area contributed by atoms with Crippen LogP contribution in [-0.4, -0.2) is 13.1 Å². The fourth-order valence-corrected chi connectivity index (χ4v) is 2.74. The van der Waals surface area contributed by atoms with Crippen molar-refractivity contribution in [1.82, 2.24) is 0 Å². The zero-order chi connectivity index (χ0) is 15.5. The average Bonchev–Trinajstić information content (AvgIpc) is 2.95. The van der Waals surface area contributed by atoms with E-state index in [0.29, 0.717) is 12.8 Å². The van der Waals surface area contributed by atoms with Gasteiger partial charge >= 0.3 is 5.97 Å². The van der Waals surface area contributed by atoms with Crippen LogP contribution in [0, 0.1) is 0 Å². The molecule has 4 nitrogen and oxygen atoms in total. The van der Waals surface area contributed by atoms with Crippen LogP contribution >= 0.6 is 11.6 Å². The lowest BCUT2D eigenvalue weighted by Gasteiger charge is -2.12. The number of rotatable bonds is 4. The molecule has 2 aromatic carbocycles. The molecule has 0 radical (unpaired) electrons. The molecule has 2 aromatic rings. The van der Waals surface area contributed by atoms with Gasteiger partial charge in [0.15, 0.2) is 0 Å². The second kappa shape index (κ2) is 6.28. The van der Waals surface area contributed by atoms with Gasteiger partial charge in [-0.3, -0.25) is 4.79 Å². The van der Waals surface area contributed by atoms with Crippen molar-refractivity contribution in [3.05, 3.63) is 58.6 Å². The monoisotopic (exact) mass is 316 g/mol. The van der Waals surface area contributed by atoms with Gasteiger partial charge in [-0.15, -0.1) is 0 Å². The van der Waals surface area contributed by atoms with E-state index in [-0.39, 0.29) is 12.1 Å². The van der Waals surface area contributed by atoms with Crippen molar-refractivity contribution in [2.75, 3.05) is 17.7 Å². The highest BCUT2D eigenvalue weighted by Crippen LogP contribution is 2.36. The van der Waals surface area contributed by atoms with Crippen LogP contribution in [0.25, 0.3) is 0 Å². The maximum atomic E-state index is 11.2. The van der Waals surface area contributed by atoms with E-state index < -0.39 is 0 Å². The molecule has 1 aliphatic heterocycles. The summed E-state index contributed by atoms with van der Waals surface area (Å²) in [6, 6.07) is 13.9. The number of methoxy groups -OCH3 is 1. The molecule has 0 aromatic heterocycles. The van der Waals surface area contributed by atoms with E-state index in [1.54, 1.807) is 0 Å². The molecule has 2 N–H and O–H groups in total. The molecule has 1 atom stereocenters. The molecule has 3 rings (SSSR count). The minimum Gasteiger partial charge on any atom is -0.469 e. The second-order valence-electron chi connectivity index (χ2n) is 5.23. The number of halogens is 1. The van der Waals surface area contributed by atoms with Crippen LogP contribution in [0.15, 0.2) is 42.5 Å². The minimum atomic E-state index is -0.191. The Morgan fingerprint density at radius 1 is 1.18 bits per heavy atom. The van der Waals surface area contributed by atoms with E-state index in [9.17, 15) is 4.79 Å². The first-order valence-corrected chi connectivity index (χ1v) is 7.52. The summed E-state index contributed by atoms with van der Waals surface area (Å²) in [6.07, 6.45) is 1.06. The predicted octanol–water partition coefficient (Wildman–Crippen LogP) is 3.98. The standard InChI is InChI=1S/C17H17ClN2O2/c1-22-16(21)8-6-11-5-7-14-15(9-11)20-17(19-14)12-3-2-4-13(18)10-12/h2-5,7,9-10,17,19-20H,6,8H2,1H3. The van der Waals surface area contributed by atoms with Gasteiger partial charge in [0.2, 0.25) is 0 Å². The SMILES string of the molecule is COC(=O)CCc1ccc2c(c1)NC(c1cccc(Cl)c1)N2. The maximum Gasteiger partial charge on any atom is 0.305 e. The van der Waals surface area contributed by atoms with Crippen LogP contribution in [-0.2, 0) is 16.0 Å². The van der Waals surface area contributed by atoms with Gasteiger partial charge in [-0.1, -0.05) is 29.8 Å². The highest BCUT2D eigenvalue weighted by molar-refractivity contribution is 6.30. The van der Waals surface area contributed by atoms with Gasteiger partial charge in [0, 0.05) is 11.4 Å². The van der Waals surface area contributed by atoms with Crippen molar-refractivity contribution in [2.24, 2.45) is 0 Å². The summed E-state index contributed by atoms with van der Waals surface area (Å²) < 4.78 is 4.67. The number of hydrogen-bond acceptors (Lipinski definition) is 4. The molecule has 0 amide bonds. The summed E-state index contributed by atoms with van der Waals surface area (Å²) in [5, 5.41) is 7.57. The predicted molar refractivity (Wildman–Crippen MR) is 88.2 cm³/mol. The van der Waals surface area contributed by atoms with Crippen molar-refractivity contribution < 1.29 is 9.53 Å². The zero-order valence-electron chi connectivity index (χ0n) is 12.2. The van der Waals surface area contributed by atoms with E-state index in [1.165, 1.54) is 7.11 Å². The van der Waals surface area contributed by atoms with Gasteiger partial charge in [0.05, 0.1) is 18.5 Å². The Bertz CT molecular complexity index is 703. The third-order valence-electron chi connectivity index (χ3n) is 3.71. The molecular weight excluding hydrogens is 300 g/mol. The largest absolute Gasteiger partial charge is 0.469 e. The molecule has 114 valence electrons. The molecule has 0 aliphatic carbocycles. The number of aryl methyl sites for hydroxylation is 1. The number of carbonyl (C=O) groups excluding carboxylic acids is 1. The van der Waals surface area contributed by atoms with Crippen LogP contribution in [0.5, 0.6) is 0 Å². The molecule has 0 bridgehead atoms. The van der Waals surface area contributed by atoms with Crippen LogP contribution in [0.3, 0.4) is 0 Å².